The summed E-state index contributed by atoms with van der Waals surface area (Å²) in [7, 11) is 0. The van der Waals surface area contributed by atoms with Crippen LogP contribution in [-0.4, -0.2) is 59.5 Å². The molecule has 0 spiro atoms. The molecule has 2 bridgehead atoms. The molecule has 2 saturated heterocycles. The number of esters is 2. The number of aliphatic hydroxyl groups is 1. The first-order valence-corrected chi connectivity index (χ1v) is 8.69. The molecule has 4 aliphatic rings. The largest absolute Gasteiger partial charge is 0.479 e. The van der Waals surface area contributed by atoms with Crippen LogP contribution in [0.25, 0.3) is 0 Å². The minimum absolute atomic E-state index is 0.0109. The molecule has 0 amide bonds. The second-order valence-corrected chi connectivity index (χ2v) is 7.64. The Morgan fingerprint density at radius 2 is 2.11 bits per heavy atom. The third kappa shape index (κ3) is 2.80. The molecule has 4 aliphatic heterocycles. The van der Waals surface area contributed by atoms with Crippen molar-refractivity contribution in [1.82, 2.24) is 0 Å². The smallest absolute Gasteiger partial charge is 0.340 e. The number of epoxide rings is 1. The molecule has 0 radical (unpaired) electrons. The van der Waals surface area contributed by atoms with Crippen molar-refractivity contribution in [3.8, 4) is 0 Å². The molecule has 0 aromatic rings. The second kappa shape index (κ2) is 5.77. The van der Waals surface area contributed by atoms with Crippen LogP contribution in [0.3, 0.4) is 0 Å². The molecule has 1 N–H and O–H groups in total. The number of carbonyl (C=O) groups is 3. The van der Waals surface area contributed by atoms with Gasteiger partial charge >= 0.3 is 11.9 Å². The highest BCUT2D eigenvalue weighted by molar-refractivity contribution is 6.00. The molecule has 0 aromatic carbocycles. The van der Waals surface area contributed by atoms with Crippen molar-refractivity contribution in [2.75, 3.05) is 13.2 Å². The first-order valence-electron chi connectivity index (χ1n) is 8.69. The van der Waals surface area contributed by atoms with Crippen LogP contribution in [0, 0.1) is 5.92 Å². The van der Waals surface area contributed by atoms with Crippen LogP contribution in [0.2, 0.25) is 0 Å². The van der Waals surface area contributed by atoms with E-state index in [2.05, 4.69) is 6.58 Å². The van der Waals surface area contributed by atoms with Gasteiger partial charge in [-0.25, -0.2) is 9.59 Å². The van der Waals surface area contributed by atoms with Crippen LogP contribution in [0.5, 0.6) is 0 Å². The number of carbonyl (C=O) groups excluding carboxylic acids is 3. The van der Waals surface area contributed by atoms with Gasteiger partial charge in [-0.15, -0.1) is 0 Å². The van der Waals surface area contributed by atoms with Gasteiger partial charge in [0, 0.05) is 23.6 Å². The highest BCUT2D eigenvalue weighted by atomic mass is 16.6. The Bertz CT molecular complexity index is 818. The third-order valence-corrected chi connectivity index (χ3v) is 5.49. The Morgan fingerprint density at radius 3 is 2.74 bits per heavy atom. The summed E-state index contributed by atoms with van der Waals surface area (Å²) in [6, 6.07) is 0. The molecule has 8 heteroatoms. The monoisotopic (exact) mass is 376 g/mol. The molecule has 2 fully saturated rings. The van der Waals surface area contributed by atoms with Crippen molar-refractivity contribution in [1.29, 1.82) is 0 Å². The van der Waals surface area contributed by atoms with Crippen LogP contribution in [0.1, 0.15) is 20.3 Å². The van der Waals surface area contributed by atoms with E-state index in [0.29, 0.717) is 5.57 Å². The van der Waals surface area contributed by atoms with Gasteiger partial charge in [0.1, 0.15) is 18.0 Å². The maximum absolute atomic E-state index is 12.5. The minimum Gasteiger partial charge on any atom is -0.479 e. The van der Waals surface area contributed by atoms with Crippen LogP contribution in [-0.2, 0) is 33.3 Å². The number of aliphatic hydroxyl groups excluding tert-OH is 1. The lowest BCUT2D eigenvalue weighted by molar-refractivity contribution is -0.162. The van der Waals surface area contributed by atoms with Gasteiger partial charge in [-0.05, 0) is 19.9 Å². The first-order chi connectivity index (χ1) is 12.7. The van der Waals surface area contributed by atoms with Crippen molar-refractivity contribution in [3.63, 3.8) is 0 Å². The number of rotatable bonds is 3. The van der Waals surface area contributed by atoms with Gasteiger partial charge in [0.15, 0.2) is 11.2 Å². The van der Waals surface area contributed by atoms with E-state index < -0.39 is 47.9 Å². The van der Waals surface area contributed by atoms with Crippen molar-refractivity contribution >= 4 is 17.7 Å². The Kier molecular flexibility index (Phi) is 3.83. The van der Waals surface area contributed by atoms with Gasteiger partial charge < -0.3 is 24.1 Å². The van der Waals surface area contributed by atoms with E-state index in [1.54, 1.807) is 13.8 Å². The van der Waals surface area contributed by atoms with Crippen LogP contribution < -0.4 is 0 Å². The average molecular weight is 376 g/mol. The fraction of sp³-hybridized carbons (Fsp3) is 0.526. The minimum atomic E-state index is -1.29. The summed E-state index contributed by atoms with van der Waals surface area (Å²) < 4.78 is 22.0. The number of ether oxygens (including phenoxy) is 4. The molecular formula is C19H20O8. The van der Waals surface area contributed by atoms with Gasteiger partial charge in [0.05, 0.1) is 19.1 Å². The maximum Gasteiger partial charge on any atom is 0.340 e. The third-order valence-electron chi connectivity index (χ3n) is 5.49. The summed E-state index contributed by atoms with van der Waals surface area (Å²) in [5, 5.41) is 9.70. The summed E-state index contributed by atoms with van der Waals surface area (Å²) in [5.74, 6) is -1.96. The molecule has 4 rings (SSSR count). The molecule has 144 valence electrons. The molecule has 5 atom stereocenters. The molecule has 0 aromatic heterocycles. The number of hydrogen-bond acceptors (Lipinski definition) is 8. The predicted octanol–water partition coefficient (Wildman–Crippen LogP) is 0.349. The average Bonchev–Trinajstić information content (AvgIpc) is 3.20. The zero-order chi connectivity index (χ0) is 19.6. The fourth-order valence-electron chi connectivity index (χ4n) is 3.60. The lowest BCUT2D eigenvalue weighted by Crippen LogP contribution is -2.44. The highest BCUT2D eigenvalue weighted by Crippen LogP contribution is 2.43. The normalized spacial score (nSPS) is 40.0. The van der Waals surface area contributed by atoms with E-state index in [1.165, 1.54) is 12.2 Å². The van der Waals surface area contributed by atoms with Crippen LogP contribution in [0.15, 0.2) is 35.6 Å². The van der Waals surface area contributed by atoms with E-state index in [-0.39, 0.29) is 30.1 Å². The zero-order valence-corrected chi connectivity index (χ0v) is 15.0. The summed E-state index contributed by atoms with van der Waals surface area (Å²) in [6.45, 7) is 6.82. The van der Waals surface area contributed by atoms with Gasteiger partial charge in [-0.1, -0.05) is 6.58 Å². The molecule has 8 nitrogen and oxygen atoms in total. The molecule has 0 aliphatic carbocycles. The standard InChI is InChI=1S/C19H20O8/c1-9-15-12(25-16(9)22)4-10(7-20)11-5-14(21)18(2,27-11)6-13(15)26-17(23)19(3)8-24-19/h4-5,12-13,15,20H,1,6-8H2,2-3H3. The van der Waals surface area contributed by atoms with Crippen LogP contribution in [0.4, 0.5) is 0 Å². The van der Waals surface area contributed by atoms with Gasteiger partial charge in [0.2, 0.25) is 5.78 Å². The molecule has 5 unspecified atom stereocenters. The molecule has 0 saturated carbocycles. The number of hydrogen-bond donors (Lipinski definition) is 1. The first kappa shape index (κ1) is 17.9. The van der Waals surface area contributed by atoms with Gasteiger partial charge in [0.25, 0.3) is 0 Å². The van der Waals surface area contributed by atoms with Crippen molar-refractivity contribution in [2.24, 2.45) is 5.92 Å². The summed E-state index contributed by atoms with van der Waals surface area (Å²) in [4.78, 5) is 37.1. The number of ketones is 1. The topological polar surface area (TPSA) is 112 Å². The Morgan fingerprint density at radius 1 is 1.41 bits per heavy atom. The predicted molar refractivity (Wildman–Crippen MR) is 89.1 cm³/mol. The summed E-state index contributed by atoms with van der Waals surface area (Å²) >= 11 is 0. The van der Waals surface area contributed by atoms with Gasteiger partial charge in [-0.3, -0.25) is 4.79 Å². The van der Waals surface area contributed by atoms with E-state index in [9.17, 15) is 19.5 Å². The van der Waals surface area contributed by atoms with E-state index in [1.807, 2.05) is 0 Å². The Labute approximate surface area is 155 Å². The van der Waals surface area contributed by atoms with Gasteiger partial charge in [-0.2, -0.15) is 0 Å². The zero-order valence-electron chi connectivity index (χ0n) is 15.0. The molecule has 27 heavy (non-hydrogen) atoms. The maximum atomic E-state index is 12.5. The van der Waals surface area contributed by atoms with E-state index in [4.69, 9.17) is 18.9 Å². The van der Waals surface area contributed by atoms with Crippen molar-refractivity contribution < 1.29 is 38.4 Å². The molecular weight excluding hydrogens is 356 g/mol. The fourth-order valence-corrected chi connectivity index (χ4v) is 3.60. The summed E-state index contributed by atoms with van der Waals surface area (Å²) in [5.41, 5.74) is -1.83. The van der Waals surface area contributed by atoms with Crippen LogP contribution >= 0.6 is 0 Å². The SMILES string of the molecule is C=C1C(=O)OC2C=C(CO)C3=CC(=O)C(C)(CC(OC(=O)C4(C)CO4)C12)O3. The Balaban J connectivity index is 1.76. The summed E-state index contributed by atoms with van der Waals surface area (Å²) in [6.07, 6.45) is 1.15. The number of fused-ring (bicyclic) bond motifs is 3. The lowest BCUT2D eigenvalue weighted by Gasteiger charge is -2.31. The van der Waals surface area contributed by atoms with E-state index in [0.717, 1.165) is 0 Å². The second-order valence-electron chi connectivity index (χ2n) is 7.64. The lowest BCUT2D eigenvalue weighted by atomic mass is 9.82. The van der Waals surface area contributed by atoms with E-state index >= 15 is 0 Å². The Hall–Kier alpha value is -2.45. The van der Waals surface area contributed by atoms with Crippen molar-refractivity contribution in [2.45, 2.75) is 43.7 Å². The molecule has 4 heterocycles. The highest BCUT2D eigenvalue weighted by Gasteiger charge is 2.55. The quantitative estimate of drug-likeness (QED) is 0.427. The van der Waals surface area contributed by atoms with Crippen molar-refractivity contribution in [3.05, 3.63) is 35.6 Å².